The minimum Gasteiger partial charge on any atom is -0.203 e. The molecule has 1 aliphatic carbocycles. The minimum atomic E-state index is -0.647. The molecule has 0 spiro atoms. The van der Waals surface area contributed by atoms with Crippen molar-refractivity contribution in [3.05, 3.63) is 53.1 Å². The van der Waals surface area contributed by atoms with Crippen molar-refractivity contribution in [2.75, 3.05) is 0 Å². The summed E-state index contributed by atoms with van der Waals surface area (Å²) in [6, 6.07) is 3.60. The monoisotopic (exact) mass is 388 g/mol. The third-order valence-electron chi connectivity index (χ3n) is 5.89. The fourth-order valence-corrected chi connectivity index (χ4v) is 4.02. The molecule has 1 aromatic carbocycles. The maximum atomic E-state index is 14.7. The van der Waals surface area contributed by atoms with Crippen LogP contribution in [0.25, 0.3) is 5.57 Å². The number of allylic oxidation sites excluding steroid dienone is 4. The van der Waals surface area contributed by atoms with E-state index in [1.807, 2.05) is 0 Å². The van der Waals surface area contributed by atoms with E-state index in [4.69, 9.17) is 0 Å². The molecule has 0 heterocycles. The third kappa shape index (κ3) is 7.18. The quantitative estimate of drug-likeness (QED) is 0.248. The van der Waals surface area contributed by atoms with Crippen LogP contribution < -0.4 is 0 Å². The summed E-state index contributed by atoms with van der Waals surface area (Å²) in [5.74, 6) is -0.738. The van der Waals surface area contributed by atoms with Crippen molar-refractivity contribution in [2.24, 2.45) is 5.92 Å². The topological polar surface area (TPSA) is 0 Å². The standard InChI is InChI=1S/C26H38F2/c1-3-5-7-9-11-13-21-15-17-22(18-16-21)24-20-19-23(25(27)26(24)28)14-12-10-8-6-4-2/h11,13,17,19-21H,3-10,12,14-16,18H2,1-2H3. The number of unbranched alkanes of at least 4 members (excludes halogenated alkanes) is 7. The summed E-state index contributed by atoms with van der Waals surface area (Å²) in [6.07, 6.45) is 20.7. The molecule has 0 fully saturated rings. The average molecular weight is 389 g/mol. The van der Waals surface area contributed by atoms with Gasteiger partial charge in [0.25, 0.3) is 0 Å². The van der Waals surface area contributed by atoms with Crippen molar-refractivity contribution in [2.45, 2.75) is 97.3 Å². The number of hydrogen-bond donors (Lipinski definition) is 0. The highest BCUT2D eigenvalue weighted by Crippen LogP contribution is 2.33. The Morgan fingerprint density at radius 1 is 0.929 bits per heavy atom. The summed E-state index contributed by atoms with van der Waals surface area (Å²) in [6.45, 7) is 4.40. The Morgan fingerprint density at radius 2 is 1.68 bits per heavy atom. The second-order valence-electron chi connectivity index (χ2n) is 8.25. The van der Waals surface area contributed by atoms with Gasteiger partial charge in [-0.1, -0.05) is 82.7 Å². The molecule has 0 bridgehead atoms. The van der Waals surface area contributed by atoms with E-state index >= 15 is 0 Å². The van der Waals surface area contributed by atoms with Gasteiger partial charge in [0.2, 0.25) is 0 Å². The van der Waals surface area contributed by atoms with Gasteiger partial charge < -0.3 is 0 Å². The van der Waals surface area contributed by atoms with E-state index in [0.29, 0.717) is 23.5 Å². The van der Waals surface area contributed by atoms with Crippen LogP contribution in [0.2, 0.25) is 0 Å². The summed E-state index contributed by atoms with van der Waals surface area (Å²) in [5.41, 5.74) is 1.97. The molecule has 1 unspecified atom stereocenters. The number of hydrogen-bond acceptors (Lipinski definition) is 0. The molecular formula is C26H38F2. The Morgan fingerprint density at radius 3 is 2.39 bits per heavy atom. The van der Waals surface area contributed by atoms with E-state index in [0.717, 1.165) is 44.1 Å². The first-order valence-corrected chi connectivity index (χ1v) is 11.5. The highest BCUT2D eigenvalue weighted by Gasteiger charge is 2.19. The van der Waals surface area contributed by atoms with Crippen LogP contribution in [-0.4, -0.2) is 0 Å². The predicted octanol–water partition coefficient (Wildman–Crippen LogP) is 8.80. The lowest BCUT2D eigenvalue weighted by molar-refractivity contribution is 0.491. The summed E-state index contributed by atoms with van der Waals surface area (Å²) >= 11 is 0. The Bertz CT molecular complexity index is 642. The van der Waals surface area contributed by atoms with Crippen molar-refractivity contribution in [1.82, 2.24) is 0 Å². The highest BCUT2D eigenvalue weighted by molar-refractivity contribution is 5.67. The Balaban J connectivity index is 1.90. The van der Waals surface area contributed by atoms with Crippen LogP contribution in [0.1, 0.15) is 102 Å². The van der Waals surface area contributed by atoms with Crippen LogP contribution >= 0.6 is 0 Å². The van der Waals surface area contributed by atoms with Gasteiger partial charge in [0, 0.05) is 5.56 Å². The molecule has 0 amide bonds. The first-order chi connectivity index (χ1) is 13.7. The number of aryl methyl sites for hydroxylation is 1. The minimum absolute atomic E-state index is 0.470. The van der Waals surface area contributed by atoms with Crippen LogP contribution in [-0.2, 0) is 6.42 Å². The zero-order valence-electron chi connectivity index (χ0n) is 17.9. The fourth-order valence-electron chi connectivity index (χ4n) is 4.02. The molecular weight excluding hydrogens is 350 g/mol. The lowest BCUT2D eigenvalue weighted by Crippen LogP contribution is -2.06. The van der Waals surface area contributed by atoms with Crippen molar-refractivity contribution in [1.29, 1.82) is 0 Å². The van der Waals surface area contributed by atoms with E-state index < -0.39 is 11.6 Å². The van der Waals surface area contributed by atoms with E-state index in [-0.39, 0.29) is 0 Å². The molecule has 0 N–H and O–H groups in total. The normalized spacial score (nSPS) is 17.3. The lowest BCUT2D eigenvalue weighted by atomic mass is 9.85. The van der Waals surface area contributed by atoms with Gasteiger partial charge in [-0.2, -0.15) is 0 Å². The van der Waals surface area contributed by atoms with Crippen LogP contribution in [0.3, 0.4) is 0 Å². The van der Waals surface area contributed by atoms with E-state index in [2.05, 4.69) is 32.1 Å². The highest BCUT2D eigenvalue weighted by atomic mass is 19.2. The van der Waals surface area contributed by atoms with Crippen molar-refractivity contribution >= 4 is 5.57 Å². The molecule has 1 aromatic rings. The Labute approximate surface area is 171 Å². The van der Waals surface area contributed by atoms with Gasteiger partial charge in [0.1, 0.15) is 0 Å². The number of halogens is 2. The zero-order valence-corrected chi connectivity index (χ0v) is 17.9. The molecule has 0 saturated carbocycles. The SMILES string of the molecule is CCCCCC=CC1CC=C(c2ccc(CCCCCCC)c(F)c2F)CC1. The lowest BCUT2D eigenvalue weighted by Gasteiger charge is -2.20. The smallest absolute Gasteiger partial charge is 0.166 e. The average Bonchev–Trinajstić information content (AvgIpc) is 2.71. The first kappa shape index (κ1) is 22.8. The second-order valence-corrected chi connectivity index (χ2v) is 8.25. The molecule has 0 aliphatic heterocycles. The van der Waals surface area contributed by atoms with Gasteiger partial charge in [0.05, 0.1) is 0 Å². The molecule has 0 nitrogen and oxygen atoms in total. The van der Waals surface area contributed by atoms with E-state index in [1.54, 1.807) is 12.1 Å². The molecule has 0 radical (unpaired) electrons. The predicted molar refractivity (Wildman–Crippen MR) is 117 cm³/mol. The summed E-state index contributed by atoms with van der Waals surface area (Å²) in [4.78, 5) is 0. The van der Waals surface area contributed by atoms with Crippen LogP contribution in [0.5, 0.6) is 0 Å². The van der Waals surface area contributed by atoms with Gasteiger partial charge in [-0.15, -0.1) is 0 Å². The molecule has 156 valence electrons. The van der Waals surface area contributed by atoms with Gasteiger partial charge in [-0.25, -0.2) is 8.78 Å². The Hall–Kier alpha value is -1.44. The number of rotatable bonds is 12. The molecule has 2 heteroatoms. The molecule has 2 rings (SSSR count). The van der Waals surface area contributed by atoms with Crippen LogP contribution in [0, 0.1) is 17.6 Å². The molecule has 1 atom stereocenters. The maximum Gasteiger partial charge on any atom is 0.166 e. The van der Waals surface area contributed by atoms with Gasteiger partial charge >= 0.3 is 0 Å². The number of benzene rings is 1. The molecule has 1 aliphatic rings. The second kappa shape index (κ2) is 12.9. The zero-order chi connectivity index (χ0) is 20.2. The molecule has 0 saturated heterocycles. The third-order valence-corrected chi connectivity index (χ3v) is 5.89. The van der Waals surface area contributed by atoms with E-state index in [1.165, 1.54) is 38.5 Å². The van der Waals surface area contributed by atoms with Gasteiger partial charge in [-0.3, -0.25) is 0 Å². The molecule has 28 heavy (non-hydrogen) atoms. The molecule has 0 aromatic heterocycles. The van der Waals surface area contributed by atoms with Crippen molar-refractivity contribution < 1.29 is 8.78 Å². The largest absolute Gasteiger partial charge is 0.203 e. The van der Waals surface area contributed by atoms with Gasteiger partial charge in [0.15, 0.2) is 11.6 Å². The first-order valence-electron chi connectivity index (χ1n) is 11.5. The van der Waals surface area contributed by atoms with Gasteiger partial charge in [-0.05, 0) is 62.0 Å². The van der Waals surface area contributed by atoms with Crippen molar-refractivity contribution in [3.8, 4) is 0 Å². The maximum absolute atomic E-state index is 14.7. The Kier molecular flexibility index (Phi) is 10.5. The van der Waals surface area contributed by atoms with E-state index in [9.17, 15) is 8.78 Å². The van der Waals surface area contributed by atoms with Crippen LogP contribution in [0.15, 0.2) is 30.4 Å². The summed E-state index contributed by atoms with van der Waals surface area (Å²) in [7, 11) is 0. The van der Waals surface area contributed by atoms with Crippen molar-refractivity contribution in [3.63, 3.8) is 0 Å². The fraction of sp³-hybridized carbons (Fsp3) is 0.615. The van der Waals surface area contributed by atoms with Crippen LogP contribution in [0.4, 0.5) is 8.78 Å². The summed E-state index contributed by atoms with van der Waals surface area (Å²) < 4.78 is 29.2. The summed E-state index contributed by atoms with van der Waals surface area (Å²) in [5, 5.41) is 0.